The summed E-state index contributed by atoms with van der Waals surface area (Å²) >= 11 is 0. The van der Waals surface area contributed by atoms with E-state index in [2.05, 4.69) is 13.8 Å². The molecule has 2 saturated heterocycles. The van der Waals surface area contributed by atoms with Gasteiger partial charge in [0, 0.05) is 25.7 Å². The van der Waals surface area contributed by atoms with Gasteiger partial charge in [-0.15, -0.1) is 12.4 Å². The van der Waals surface area contributed by atoms with Gasteiger partial charge in [0.15, 0.2) is 0 Å². The van der Waals surface area contributed by atoms with Gasteiger partial charge in [-0.2, -0.15) is 4.31 Å². The minimum Gasteiger partial charge on any atom is -0.341 e. The highest BCUT2D eigenvalue weighted by atomic mass is 35.5. The summed E-state index contributed by atoms with van der Waals surface area (Å²) in [4.78, 5) is 14.7. The highest BCUT2D eigenvalue weighted by molar-refractivity contribution is 7.89. The fraction of sp³-hybridized carbons (Fsp3) is 0.938. The van der Waals surface area contributed by atoms with Crippen LogP contribution in [0.4, 0.5) is 0 Å². The van der Waals surface area contributed by atoms with Crippen LogP contribution in [-0.2, 0) is 14.8 Å². The van der Waals surface area contributed by atoms with E-state index in [1.165, 1.54) is 4.31 Å². The number of carbonyl (C=O) groups is 1. The second-order valence-electron chi connectivity index (χ2n) is 7.58. The summed E-state index contributed by atoms with van der Waals surface area (Å²) in [5, 5.41) is 0. The number of hydrogen-bond donors (Lipinski definition) is 1. The zero-order valence-corrected chi connectivity index (χ0v) is 16.7. The molecular formula is C16H32ClN3O3S. The third-order valence-corrected chi connectivity index (χ3v) is 7.18. The van der Waals surface area contributed by atoms with Crippen molar-refractivity contribution in [2.75, 3.05) is 25.4 Å². The Balaban J connectivity index is 0.00000288. The maximum Gasteiger partial charge on any atom is 0.241 e. The molecule has 0 aliphatic carbocycles. The van der Waals surface area contributed by atoms with Gasteiger partial charge in [0.2, 0.25) is 15.9 Å². The van der Waals surface area contributed by atoms with Crippen molar-refractivity contribution < 1.29 is 13.2 Å². The van der Waals surface area contributed by atoms with Crippen LogP contribution < -0.4 is 5.73 Å². The number of piperidine rings is 1. The smallest absolute Gasteiger partial charge is 0.241 e. The number of likely N-dealkylation sites (tertiary alicyclic amines) is 1. The molecule has 2 fully saturated rings. The van der Waals surface area contributed by atoms with E-state index in [9.17, 15) is 13.2 Å². The first-order chi connectivity index (χ1) is 10.7. The van der Waals surface area contributed by atoms with Crippen LogP contribution in [-0.4, -0.2) is 61.0 Å². The van der Waals surface area contributed by atoms with E-state index in [0.29, 0.717) is 32.5 Å². The molecule has 2 N–H and O–H groups in total. The lowest BCUT2D eigenvalue weighted by atomic mass is 9.79. The number of rotatable bonds is 5. The molecule has 0 spiro atoms. The molecule has 2 rings (SSSR count). The normalized spacial score (nSPS) is 27.8. The Morgan fingerprint density at radius 3 is 2.50 bits per heavy atom. The standard InChI is InChI=1S/C16H31N3O3S.ClH/c1-4-5-11-23(21,22)19-9-6-7-13(19)15(20)18-10-8-14(17)16(2,3)12-18;/h13-14H,4-12,17H2,1-3H3;1H. The minimum atomic E-state index is -3.33. The van der Waals surface area contributed by atoms with E-state index >= 15 is 0 Å². The second kappa shape index (κ2) is 8.34. The van der Waals surface area contributed by atoms with Crippen molar-refractivity contribution in [1.29, 1.82) is 0 Å². The quantitative estimate of drug-likeness (QED) is 0.783. The summed E-state index contributed by atoms with van der Waals surface area (Å²) in [6.07, 6.45) is 3.65. The lowest BCUT2D eigenvalue weighted by molar-refractivity contribution is -0.138. The SMILES string of the molecule is CCCCS(=O)(=O)N1CCCC1C(=O)N1CCC(N)C(C)(C)C1.Cl. The van der Waals surface area contributed by atoms with Crippen LogP contribution in [0.15, 0.2) is 0 Å². The van der Waals surface area contributed by atoms with Crippen molar-refractivity contribution in [3.63, 3.8) is 0 Å². The molecule has 0 bridgehead atoms. The molecule has 2 aliphatic rings. The Hall–Kier alpha value is -0.370. The number of hydrogen-bond acceptors (Lipinski definition) is 4. The summed E-state index contributed by atoms with van der Waals surface area (Å²) in [5.41, 5.74) is 6.01. The van der Waals surface area contributed by atoms with Gasteiger partial charge in [-0.05, 0) is 31.1 Å². The van der Waals surface area contributed by atoms with Crippen molar-refractivity contribution in [3.05, 3.63) is 0 Å². The Bertz CT molecular complexity index is 539. The van der Waals surface area contributed by atoms with Gasteiger partial charge >= 0.3 is 0 Å². The summed E-state index contributed by atoms with van der Waals surface area (Å²) < 4.78 is 26.5. The predicted octanol–water partition coefficient (Wildman–Crippen LogP) is 1.59. The van der Waals surface area contributed by atoms with Crippen LogP contribution in [0.25, 0.3) is 0 Å². The fourth-order valence-electron chi connectivity index (χ4n) is 3.54. The third-order valence-electron chi connectivity index (χ3n) is 5.23. The first-order valence-electron chi connectivity index (χ1n) is 8.73. The molecule has 2 aliphatic heterocycles. The van der Waals surface area contributed by atoms with Gasteiger partial charge in [-0.3, -0.25) is 4.79 Å². The number of nitrogens with zero attached hydrogens (tertiary/aromatic N) is 2. The maximum absolute atomic E-state index is 12.9. The van der Waals surface area contributed by atoms with E-state index in [1.54, 1.807) is 0 Å². The maximum atomic E-state index is 12.9. The van der Waals surface area contributed by atoms with Crippen molar-refractivity contribution in [3.8, 4) is 0 Å². The molecule has 24 heavy (non-hydrogen) atoms. The molecule has 0 aromatic carbocycles. The average molecular weight is 382 g/mol. The van der Waals surface area contributed by atoms with E-state index in [0.717, 1.165) is 19.3 Å². The van der Waals surface area contributed by atoms with Crippen LogP contribution in [0.1, 0.15) is 52.9 Å². The summed E-state index contributed by atoms with van der Waals surface area (Å²) in [6.45, 7) is 7.82. The monoisotopic (exact) mass is 381 g/mol. The van der Waals surface area contributed by atoms with Gasteiger partial charge in [0.05, 0.1) is 5.75 Å². The lowest BCUT2D eigenvalue weighted by Crippen LogP contribution is -2.57. The largest absolute Gasteiger partial charge is 0.341 e. The van der Waals surface area contributed by atoms with Gasteiger partial charge in [-0.1, -0.05) is 27.2 Å². The highest BCUT2D eigenvalue weighted by Gasteiger charge is 2.43. The molecule has 8 heteroatoms. The molecule has 2 unspecified atom stereocenters. The Kier molecular flexibility index (Phi) is 7.53. The van der Waals surface area contributed by atoms with Gasteiger partial charge in [0.25, 0.3) is 0 Å². The highest BCUT2D eigenvalue weighted by Crippen LogP contribution is 2.30. The zero-order chi connectivity index (χ0) is 17.3. The zero-order valence-electron chi connectivity index (χ0n) is 15.0. The number of halogens is 1. The number of nitrogens with two attached hydrogens (primary N) is 1. The topological polar surface area (TPSA) is 83.7 Å². The molecule has 0 aromatic heterocycles. The molecule has 142 valence electrons. The van der Waals surface area contributed by atoms with Crippen molar-refractivity contribution >= 4 is 28.3 Å². The summed E-state index contributed by atoms with van der Waals surface area (Å²) in [7, 11) is -3.33. The van der Waals surface area contributed by atoms with Crippen LogP contribution in [0.5, 0.6) is 0 Å². The average Bonchev–Trinajstić information content (AvgIpc) is 2.97. The van der Waals surface area contributed by atoms with Gasteiger partial charge < -0.3 is 10.6 Å². The van der Waals surface area contributed by atoms with Crippen LogP contribution in [0.3, 0.4) is 0 Å². The molecule has 0 saturated carbocycles. The van der Waals surface area contributed by atoms with Crippen molar-refractivity contribution in [1.82, 2.24) is 9.21 Å². The Morgan fingerprint density at radius 1 is 1.25 bits per heavy atom. The fourth-order valence-corrected chi connectivity index (χ4v) is 5.42. The lowest BCUT2D eigenvalue weighted by Gasteiger charge is -2.43. The predicted molar refractivity (Wildman–Crippen MR) is 98.6 cm³/mol. The Labute approximate surface area is 152 Å². The van der Waals surface area contributed by atoms with E-state index in [4.69, 9.17) is 5.73 Å². The number of sulfonamides is 1. The first-order valence-corrected chi connectivity index (χ1v) is 10.3. The van der Waals surface area contributed by atoms with Gasteiger partial charge in [-0.25, -0.2) is 8.42 Å². The molecule has 6 nitrogen and oxygen atoms in total. The molecule has 2 heterocycles. The van der Waals surface area contributed by atoms with Crippen LogP contribution >= 0.6 is 12.4 Å². The summed E-state index contributed by atoms with van der Waals surface area (Å²) in [5.74, 6) is 0.103. The molecule has 0 radical (unpaired) electrons. The number of amides is 1. The first kappa shape index (κ1) is 21.7. The number of carbonyl (C=O) groups excluding carboxylic acids is 1. The van der Waals surface area contributed by atoms with E-state index < -0.39 is 16.1 Å². The van der Waals surface area contributed by atoms with Crippen LogP contribution in [0, 0.1) is 5.41 Å². The van der Waals surface area contributed by atoms with Crippen LogP contribution in [0.2, 0.25) is 0 Å². The third kappa shape index (κ3) is 4.62. The Morgan fingerprint density at radius 2 is 1.92 bits per heavy atom. The van der Waals surface area contributed by atoms with Gasteiger partial charge in [0.1, 0.15) is 6.04 Å². The molecular weight excluding hydrogens is 350 g/mol. The molecule has 2 atom stereocenters. The molecule has 0 aromatic rings. The number of unbranched alkanes of at least 4 members (excludes halogenated alkanes) is 1. The van der Waals surface area contributed by atoms with Crippen molar-refractivity contribution in [2.45, 2.75) is 65.0 Å². The van der Waals surface area contributed by atoms with Crippen molar-refractivity contribution in [2.24, 2.45) is 11.1 Å². The minimum absolute atomic E-state index is 0. The van der Waals surface area contributed by atoms with E-state index in [1.807, 2.05) is 11.8 Å². The second-order valence-corrected chi connectivity index (χ2v) is 9.62. The summed E-state index contributed by atoms with van der Waals surface area (Å²) in [6, 6.07) is -0.429. The van der Waals surface area contributed by atoms with E-state index in [-0.39, 0.29) is 35.5 Å². The molecule has 1 amide bonds.